The highest BCUT2D eigenvalue weighted by Crippen LogP contribution is 2.09. The summed E-state index contributed by atoms with van der Waals surface area (Å²) in [4.78, 5) is 0. The van der Waals surface area contributed by atoms with Gasteiger partial charge in [-0.05, 0) is 20.3 Å². The van der Waals surface area contributed by atoms with E-state index >= 15 is 0 Å². The van der Waals surface area contributed by atoms with Gasteiger partial charge in [0.15, 0.2) is 0 Å². The van der Waals surface area contributed by atoms with Gasteiger partial charge < -0.3 is 15.2 Å². The molecule has 1 rings (SSSR count). The summed E-state index contributed by atoms with van der Waals surface area (Å²) in [5.41, 5.74) is -0.168. The number of hydrogen-bond acceptors (Lipinski definition) is 3. The van der Waals surface area contributed by atoms with E-state index in [-0.39, 0.29) is 12.1 Å². The molecule has 0 aromatic heterocycles. The molecule has 66 valence electrons. The Morgan fingerprint density at radius 2 is 2.36 bits per heavy atom. The first kappa shape index (κ1) is 8.97. The fourth-order valence-corrected chi connectivity index (χ4v) is 1.25. The number of nitrogens with one attached hydrogen (secondary N) is 1. The van der Waals surface area contributed by atoms with Crippen LogP contribution in [0.3, 0.4) is 0 Å². The fourth-order valence-electron chi connectivity index (χ4n) is 1.25. The van der Waals surface area contributed by atoms with Gasteiger partial charge in [-0.25, -0.2) is 0 Å². The molecule has 0 aliphatic carbocycles. The Bertz CT molecular complexity index is 119. The van der Waals surface area contributed by atoms with E-state index in [1.54, 1.807) is 0 Å². The molecule has 1 fully saturated rings. The van der Waals surface area contributed by atoms with Crippen LogP contribution < -0.4 is 5.32 Å². The van der Waals surface area contributed by atoms with Crippen molar-refractivity contribution in [2.24, 2.45) is 0 Å². The third kappa shape index (κ3) is 2.77. The molecule has 1 saturated heterocycles. The number of rotatable bonds is 3. The Labute approximate surface area is 67.7 Å². The minimum Gasteiger partial charge on any atom is -0.394 e. The first-order valence-electron chi connectivity index (χ1n) is 4.10. The first-order valence-corrected chi connectivity index (χ1v) is 4.10. The van der Waals surface area contributed by atoms with Crippen LogP contribution in [0.1, 0.15) is 20.3 Å². The third-order valence-electron chi connectivity index (χ3n) is 1.92. The summed E-state index contributed by atoms with van der Waals surface area (Å²) in [6, 6.07) is 0.428. The van der Waals surface area contributed by atoms with Crippen molar-refractivity contribution < 1.29 is 9.84 Å². The van der Waals surface area contributed by atoms with Gasteiger partial charge in [-0.2, -0.15) is 0 Å². The van der Waals surface area contributed by atoms with E-state index in [2.05, 4.69) is 5.32 Å². The molecule has 11 heavy (non-hydrogen) atoms. The van der Waals surface area contributed by atoms with Crippen molar-refractivity contribution in [2.45, 2.75) is 31.8 Å². The lowest BCUT2D eigenvalue weighted by Crippen LogP contribution is -2.48. The quantitative estimate of drug-likeness (QED) is 0.615. The molecule has 2 N–H and O–H groups in total. The molecule has 1 aliphatic heterocycles. The van der Waals surface area contributed by atoms with Gasteiger partial charge in [-0.15, -0.1) is 0 Å². The Morgan fingerprint density at radius 3 is 2.82 bits per heavy atom. The van der Waals surface area contributed by atoms with Crippen LogP contribution in [0.2, 0.25) is 0 Å². The summed E-state index contributed by atoms with van der Waals surface area (Å²) in [6.07, 6.45) is 1.06. The van der Waals surface area contributed by atoms with Crippen molar-refractivity contribution in [2.75, 3.05) is 19.8 Å². The van der Waals surface area contributed by atoms with Crippen LogP contribution in [0, 0.1) is 0 Å². The smallest absolute Gasteiger partial charge is 0.0620 e. The molecule has 0 aromatic rings. The van der Waals surface area contributed by atoms with Crippen molar-refractivity contribution in [3.8, 4) is 0 Å². The number of aliphatic hydroxyl groups excluding tert-OH is 1. The van der Waals surface area contributed by atoms with Crippen LogP contribution in [-0.2, 0) is 4.74 Å². The van der Waals surface area contributed by atoms with Gasteiger partial charge in [0.1, 0.15) is 0 Å². The van der Waals surface area contributed by atoms with Gasteiger partial charge in [0.05, 0.1) is 13.2 Å². The number of hydrogen-bond donors (Lipinski definition) is 2. The molecule has 0 aromatic carbocycles. The standard InChI is InChI=1S/C8H17NO2/c1-8(2,6-10)9-7-3-4-11-5-7/h7,9-10H,3-6H2,1-2H3. The molecule has 3 nitrogen and oxygen atoms in total. The van der Waals surface area contributed by atoms with Crippen LogP contribution >= 0.6 is 0 Å². The summed E-state index contributed by atoms with van der Waals surface area (Å²) in [6.45, 7) is 5.78. The van der Waals surface area contributed by atoms with Gasteiger partial charge in [0.25, 0.3) is 0 Å². The van der Waals surface area contributed by atoms with Gasteiger partial charge >= 0.3 is 0 Å². The minimum atomic E-state index is -0.168. The minimum absolute atomic E-state index is 0.168. The topological polar surface area (TPSA) is 41.5 Å². The maximum Gasteiger partial charge on any atom is 0.0620 e. The predicted molar refractivity (Wildman–Crippen MR) is 43.5 cm³/mol. The van der Waals surface area contributed by atoms with Crippen molar-refractivity contribution in [3.05, 3.63) is 0 Å². The second-order valence-electron chi connectivity index (χ2n) is 3.75. The Balaban J connectivity index is 2.28. The van der Waals surface area contributed by atoms with Crippen molar-refractivity contribution in [1.82, 2.24) is 5.32 Å². The summed E-state index contributed by atoms with van der Waals surface area (Å²) in [7, 11) is 0. The lowest BCUT2D eigenvalue weighted by Gasteiger charge is -2.27. The molecular formula is C8H17NO2. The zero-order valence-electron chi connectivity index (χ0n) is 7.26. The molecule has 0 amide bonds. The lowest BCUT2D eigenvalue weighted by atomic mass is 10.1. The Morgan fingerprint density at radius 1 is 1.64 bits per heavy atom. The molecule has 0 bridgehead atoms. The van der Waals surface area contributed by atoms with E-state index in [9.17, 15) is 0 Å². The molecule has 0 spiro atoms. The normalized spacial score (nSPS) is 25.9. The molecule has 0 saturated carbocycles. The third-order valence-corrected chi connectivity index (χ3v) is 1.92. The van der Waals surface area contributed by atoms with Gasteiger partial charge in [0.2, 0.25) is 0 Å². The van der Waals surface area contributed by atoms with E-state index < -0.39 is 0 Å². The largest absolute Gasteiger partial charge is 0.394 e. The predicted octanol–water partition coefficient (Wildman–Crippen LogP) is 0.136. The zero-order chi connectivity index (χ0) is 8.32. The number of aliphatic hydroxyl groups is 1. The lowest BCUT2D eigenvalue weighted by molar-refractivity contribution is 0.156. The van der Waals surface area contributed by atoms with E-state index in [0.717, 1.165) is 19.6 Å². The summed E-state index contributed by atoms with van der Waals surface area (Å²) < 4.78 is 5.20. The van der Waals surface area contributed by atoms with Crippen molar-refractivity contribution in [1.29, 1.82) is 0 Å². The number of ether oxygens (including phenoxy) is 1. The van der Waals surface area contributed by atoms with Crippen LogP contribution in [0.15, 0.2) is 0 Å². The molecule has 1 heterocycles. The highest BCUT2D eigenvalue weighted by molar-refractivity contribution is 4.83. The van der Waals surface area contributed by atoms with Gasteiger partial charge in [0, 0.05) is 18.2 Å². The van der Waals surface area contributed by atoms with Crippen LogP contribution in [0.4, 0.5) is 0 Å². The summed E-state index contributed by atoms with van der Waals surface area (Å²) >= 11 is 0. The SMILES string of the molecule is CC(C)(CO)NC1CCOC1. The summed E-state index contributed by atoms with van der Waals surface area (Å²) in [5, 5.41) is 12.3. The first-order chi connectivity index (χ1) is 5.14. The zero-order valence-corrected chi connectivity index (χ0v) is 7.26. The molecule has 3 heteroatoms. The monoisotopic (exact) mass is 159 g/mol. The van der Waals surface area contributed by atoms with E-state index in [1.165, 1.54) is 0 Å². The summed E-state index contributed by atoms with van der Waals surface area (Å²) in [5.74, 6) is 0. The van der Waals surface area contributed by atoms with E-state index in [4.69, 9.17) is 9.84 Å². The van der Waals surface area contributed by atoms with E-state index in [0.29, 0.717) is 6.04 Å². The fraction of sp³-hybridized carbons (Fsp3) is 1.00. The maximum atomic E-state index is 8.95. The van der Waals surface area contributed by atoms with Crippen LogP contribution in [0.25, 0.3) is 0 Å². The average molecular weight is 159 g/mol. The molecule has 1 atom stereocenters. The highest BCUT2D eigenvalue weighted by Gasteiger charge is 2.23. The highest BCUT2D eigenvalue weighted by atomic mass is 16.5. The van der Waals surface area contributed by atoms with Crippen molar-refractivity contribution >= 4 is 0 Å². The molecule has 1 unspecified atom stereocenters. The van der Waals surface area contributed by atoms with E-state index in [1.807, 2.05) is 13.8 Å². The Hall–Kier alpha value is -0.120. The maximum absolute atomic E-state index is 8.95. The van der Waals surface area contributed by atoms with Gasteiger partial charge in [-0.1, -0.05) is 0 Å². The van der Waals surface area contributed by atoms with Crippen molar-refractivity contribution in [3.63, 3.8) is 0 Å². The van der Waals surface area contributed by atoms with Gasteiger partial charge in [-0.3, -0.25) is 0 Å². The van der Waals surface area contributed by atoms with Crippen LogP contribution in [0.5, 0.6) is 0 Å². The second-order valence-corrected chi connectivity index (χ2v) is 3.75. The molecule has 1 aliphatic rings. The molecule has 0 radical (unpaired) electrons. The Kier molecular flexibility index (Phi) is 2.87. The second kappa shape index (κ2) is 3.52. The average Bonchev–Trinajstić information content (AvgIpc) is 2.39. The van der Waals surface area contributed by atoms with Crippen LogP contribution in [-0.4, -0.2) is 36.5 Å². The molecular weight excluding hydrogens is 142 g/mol.